The van der Waals surface area contributed by atoms with Gasteiger partial charge in [0, 0.05) is 37.8 Å². The summed E-state index contributed by atoms with van der Waals surface area (Å²) < 4.78 is 5.71. The van der Waals surface area contributed by atoms with Crippen molar-refractivity contribution in [3.8, 4) is 5.75 Å². The highest BCUT2D eigenvalue weighted by atomic mass is 16.5. The van der Waals surface area contributed by atoms with Crippen molar-refractivity contribution >= 4 is 17.5 Å². The van der Waals surface area contributed by atoms with Crippen LogP contribution in [0.25, 0.3) is 0 Å². The number of fused-ring (bicyclic) bond motifs is 2. The monoisotopic (exact) mass is 421 g/mol. The fourth-order valence-corrected chi connectivity index (χ4v) is 4.45. The van der Waals surface area contributed by atoms with E-state index < -0.39 is 0 Å². The molecule has 0 saturated heterocycles. The molecule has 0 spiro atoms. The summed E-state index contributed by atoms with van der Waals surface area (Å²) in [5.74, 6) is 1.01. The third-order valence-corrected chi connectivity index (χ3v) is 6.25. The summed E-state index contributed by atoms with van der Waals surface area (Å²) >= 11 is 0. The molecule has 2 aliphatic rings. The Morgan fingerprint density at radius 2 is 1.90 bits per heavy atom. The molecule has 2 heterocycles. The van der Waals surface area contributed by atoms with Gasteiger partial charge in [-0.25, -0.2) is 0 Å². The second kappa shape index (κ2) is 9.52. The van der Waals surface area contributed by atoms with E-state index in [-0.39, 0.29) is 24.5 Å². The number of hydrogen-bond acceptors (Lipinski definition) is 4. The topological polar surface area (TPSA) is 70.7 Å². The first-order valence-electron chi connectivity index (χ1n) is 11.1. The lowest BCUT2D eigenvalue weighted by Crippen LogP contribution is -2.49. The summed E-state index contributed by atoms with van der Waals surface area (Å²) in [7, 11) is 0. The van der Waals surface area contributed by atoms with Crippen LogP contribution in [-0.2, 0) is 29.0 Å². The van der Waals surface area contributed by atoms with E-state index in [1.54, 1.807) is 6.07 Å². The third kappa shape index (κ3) is 5.25. The molecule has 6 heteroatoms. The Morgan fingerprint density at radius 3 is 2.71 bits per heavy atom. The van der Waals surface area contributed by atoms with Crippen LogP contribution in [0.1, 0.15) is 37.0 Å². The molecular weight excluding hydrogens is 390 g/mol. The molecule has 31 heavy (non-hydrogen) atoms. The highest BCUT2D eigenvalue weighted by molar-refractivity contribution is 5.94. The van der Waals surface area contributed by atoms with Gasteiger partial charge in [0.1, 0.15) is 5.75 Å². The molecule has 2 aromatic carbocycles. The first kappa shape index (κ1) is 21.4. The zero-order valence-electron chi connectivity index (χ0n) is 18.3. The zero-order chi connectivity index (χ0) is 21.8. The number of carbonyl (C=O) groups excluding carboxylic acids is 2. The van der Waals surface area contributed by atoms with E-state index in [2.05, 4.69) is 53.6 Å². The van der Waals surface area contributed by atoms with Gasteiger partial charge in [0.2, 0.25) is 5.91 Å². The molecule has 0 bridgehead atoms. The number of hydrogen-bond donors (Lipinski definition) is 2. The minimum atomic E-state index is -0.117. The van der Waals surface area contributed by atoms with Crippen molar-refractivity contribution in [2.75, 3.05) is 25.0 Å². The number of nitrogens with zero attached hydrogens (tertiary/aromatic N) is 1. The summed E-state index contributed by atoms with van der Waals surface area (Å²) in [6, 6.07) is 14.4. The van der Waals surface area contributed by atoms with E-state index in [9.17, 15) is 9.59 Å². The Bertz CT molecular complexity index is 957. The molecule has 2 N–H and O–H groups in total. The second-order valence-electron chi connectivity index (χ2n) is 8.76. The maximum Gasteiger partial charge on any atom is 0.257 e. The van der Waals surface area contributed by atoms with Gasteiger partial charge in [0.15, 0.2) is 6.61 Å². The molecule has 6 nitrogen and oxygen atoms in total. The van der Waals surface area contributed by atoms with Crippen molar-refractivity contribution in [3.05, 3.63) is 59.2 Å². The lowest BCUT2D eigenvalue weighted by Gasteiger charge is -2.38. The molecule has 2 aliphatic heterocycles. The minimum absolute atomic E-state index is 0.0151. The summed E-state index contributed by atoms with van der Waals surface area (Å²) in [6.45, 7) is 6.95. The van der Waals surface area contributed by atoms with Gasteiger partial charge in [-0.3, -0.25) is 14.5 Å². The van der Waals surface area contributed by atoms with Crippen molar-refractivity contribution in [3.63, 3.8) is 0 Å². The van der Waals surface area contributed by atoms with Crippen LogP contribution in [0.5, 0.6) is 5.75 Å². The Morgan fingerprint density at radius 1 is 1.10 bits per heavy atom. The highest BCUT2D eigenvalue weighted by Gasteiger charge is 2.26. The third-order valence-electron chi connectivity index (χ3n) is 6.25. The molecule has 0 fully saturated rings. The Hall–Kier alpha value is -2.86. The molecule has 164 valence electrons. The number of anilines is 1. The lowest BCUT2D eigenvalue weighted by atomic mass is 9.95. The number of nitrogens with one attached hydrogen (secondary N) is 2. The normalized spacial score (nSPS) is 16.8. The Labute approximate surface area is 184 Å². The maximum atomic E-state index is 12.4. The summed E-state index contributed by atoms with van der Waals surface area (Å²) in [6.07, 6.45) is 2.23. The lowest BCUT2D eigenvalue weighted by molar-refractivity contribution is -0.123. The molecule has 0 aliphatic carbocycles. The van der Waals surface area contributed by atoms with Crippen LogP contribution in [0.4, 0.5) is 5.69 Å². The number of benzene rings is 2. The van der Waals surface area contributed by atoms with E-state index >= 15 is 0 Å². The summed E-state index contributed by atoms with van der Waals surface area (Å²) in [5, 5.41) is 5.92. The molecule has 2 aromatic rings. The molecule has 0 radical (unpaired) electrons. The van der Waals surface area contributed by atoms with Crippen LogP contribution in [0.15, 0.2) is 42.5 Å². The molecule has 2 amide bonds. The van der Waals surface area contributed by atoms with E-state index in [4.69, 9.17) is 4.74 Å². The minimum Gasteiger partial charge on any atom is -0.484 e. The Balaban J connectivity index is 1.29. The van der Waals surface area contributed by atoms with E-state index in [0.29, 0.717) is 31.1 Å². The quantitative estimate of drug-likeness (QED) is 0.721. The number of amides is 2. The largest absolute Gasteiger partial charge is 0.484 e. The molecule has 0 saturated carbocycles. The predicted octanol–water partition coefficient (Wildman–Crippen LogP) is 3.15. The predicted molar refractivity (Wildman–Crippen MR) is 121 cm³/mol. The number of ether oxygens (including phenoxy) is 1. The van der Waals surface area contributed by atoms with Crippen molar-refractivity contribution in [1.29, 1.82) is 0 Å². The molecule has 1 unspecified atom stereocenters. The van der Waals surface area contributed by atoms with Crippen LogP contribution in [0, 0.1) is 5.92 Å². The van der Waals surface area contributed by atoms with Crippen molar-refractivity contribution in [2.45, 2.75) is 45.7 Å². The van der Waals surface area contributed by atoms with Crippen LogP contribution in [-0.4, -0.2) is 42.5 Å². The Kier molecular flexibility index (Phi) is 6.56. The van der Waals surface area contributed by atoms with Crippen LogP contribution in [0.3, 0.4) is 0 Å². The summed E-state index contributed by atoms with van der Waals surface area (Å²) in [5.41, 5.74) is 4.69. The first-order valence-corrected chi connectivity index (χ1v) is 11.1. The number of aryl methyl sites for hydroxylation is 1. The van der Waals surface area contributed by atoms with Gasteiger partial charge in [0.25, 0.3) is 5.91 Å². The van der Waals surface area contributed by atoms with Crippen LogP contribution < -0.4 is 15.4 Å². The number of rotatable bonds is 7. The van der Waals surface area contributed by atoms with Gasteiger partial charge in [-0.15, -0.1) is 0 Å². The SMILES string of the molecule is CC(C)C(CNC(=O)COc1ccc2c(c1)CCC(=O)N2)N1CCc2ccccc2C1. The van der Waals surface area contributed by atoms with Crippen LogP contribution >= 0.6 is 0 Å². The molecule has 1 atom stereocenters. The number of carbonyl (C=O) groups is 2. The van der Waals surface area contributed by atoms with Gasteiger partial charge in [-0.1, -0.05) is 38.1 Å². The van der Waals surface area contributed by atoms with Gasteiger partial charge in [-0.2, -0.15) is 0 Å². The van der Waals surface area contributed by atoms with Crippen molar-refractivity contribution in [1.82, 2.24) is 10.2 Å². The van der Waals surface area contributed by atoms with Crippen molar-refractivity contribution < 1.29 is 14.3 Å². The standard InChI is InChI=1S/C25H31N3O3/c1-17(2)23(28-12-11-18-5-3-4-6-20(18)15-28)14-26-25(30)16-31-21-8-9-22-19(13-21)7-10-24(29)27-22/h3-6,8-9,13,17,23H,7,10-12,14-16H2,1-2H3,(H,26,30)(H,27,29). The van der Waals surface area contributed by atoms with E-state index in [1.807, 2.05) is 12.1 Å². The highest BCUT2D eigenvalue weighted by Crippen LogP contribution is 2.27. The van der Waals surface area contributed by atoms with E-state index in [1.165, 1.54) is 11.1 Å². The zero-order valence-corrected chi connectivity index (χ0v) is 18.3. The fourth-order valence-electron chi connectivity index (χ4n) is 4.45. The molecule has 4 rings (SSSR count). The van der Waals surface area contributed by atoms with E-state index in [0.717, 1.165) is 30.8 Å². The van der Waals surface area contributed by atoms with Gasteiger partial charge in [0.05, 0.1) is 0 Å². The first-order chi connectivity index (χ1) is 15.0. The second-order valence-corrected chi connectivity index (χ2v) is 8.76. The van der Waals surface area contributed by atoms with Gasteiger partial charge < -0.3 is 15.4 Å². The maximum absolute atomic E-state index is 12.4. The fraction of sp³-hybridized carbons (Fsp3) is 0.440. The smallest absolute Gasteiger partial charge is 0.257 e. The molecule has 0 aromatic heterocycles. The van der Waals surface area contributed by atoms with Crippen LogP contribution in [0.2, 0.25) is 0 Å². The van der Waals surface area contributed by atoms with Crippen molar-refractivity contribution in [2.24, 2.45) is 5.92 Å². The van der Waals surface area contributed by atoms with Gasteiger partial charge in [-0.05, 0) is 53.6 Å². The average Bonchev–Trinajstić information content (AvgIpc) is 2.77. The van der Waals surface area contributed by atoms with Gasteiger partial charge >= 0.3 is 0 Å². The molecular formula is C25H31N3O3. The average molecular weight is 422 g/mol. The summed E-state index contributed by atoms with van der Waals surface area (Å²) in [4.78, 5) is 26.4.